The summed E-state index contributed by atoms with van der Waals surface area (Å²) in [5.41, 5.74) is -1.47. The number of carbonyl (C=O) groups is 2. The summed E-state index contributed by atoms with van der Waals surface area (Å²) in [5, 5.41) is 11.6. The van der Waals surface area contributed by atoms with Crippen LogP contribution < -0.4 is 5.32 Å². The number of carbonyl (C=O) groups excluding carboxylic acids is 1. The van der Waals surface area contributed by atoms with Crippen LogP contribution in [0.2, 0.25) is 0 Å². The summed E-state index contributed by atoms with van der Waals surface area (Å²) in [6.45, 7) is 1.44. The first-order valence-electron chi connectivity index (χ1n) is 5.91. The molecular weight excluding hydrogens is 272 g/mol. The topological polar surface area (TPSA) is 75.6 Å². The molecule has 0 saturated carbocycles. The van der Waals surface area contributed by atoms with Gasteiger partial charge >= 0.3 is 5.97 Å². The van der Waals surface area contributed by atoms with Crippen molar-refractivity contribution in [2.24, 2.45) is 5.41 Å². The predicted molar refractivity (Wildman–Crippen MR) is 64.2 cm³/mol. The fourth-order valence-corrected chi connectivity index (χ4v) is 2.01. The maximum atomic E-state index is 13.0. The minimum absolute atomic E-state index is 0.0341. The number of ether oxygens (including phenoxy) is 1. The fraction of sp³-hybridized carbons (Fsp3) is 0.385. The molecule has 2 N–H and O–H groups in total. The number of amides is 1. The van der Waals surface area contributed by atoms with Crippen LogP contribution in [-0.4, -0.2) is 36.2 Å². The monoisotopic (exact) mass is 285 g/mol. The fourth-order valence-electron chi connectivity index (χ4n) is 2.01. The van der Waals surface area contributed by atoms with Gasteiger partial charge in [-0.2, -0.15) is 0 Å². The number of nitrogens with one attached hydrogen (secondary N) is 1. The number of aliphatic carboxylic acids is 1. The third-order valence-corrected chi connectivity index (χ3v) is 3.37. The molecule has 2 rings (SSSR count). The van der Waals surface area contributed by atoms with E-state index >= 15 is 0 Å². The lowest BCUT2D eigenvalue weighted by Gasteiger charge is -2.25. The van der Waals surface area contributed by atoms with Crippen molar-refractivity contribution in [3.8, 4) is 0 Å². The van der Waals surface area contributed by atoms with Gasteiger partial charge in [0, 0.05) is 11.6 Å². The van der Waals surface area contributed by atoms with Crippen molar-refractivity contribution in [2.75, 3.05) is 13.2 Å². The molecule has 108 valence electrons. The third-order valence-electron chi connectivity index (χ3n) is 3.37. The summed E-state index contributed by atoms with van der Waals surface area (Å²) in [7, 11) is 0. The zero-order valence-electron chi connectivity index (χ0n) is 10.7. The van der Waals surface area contributed by atoms with E-state index in [4.69, 9.17) is 9.84 Å². The molecule has 1 aromatic rings. The van der Waals surface area contributed by atoms with E-state index in [0.717, 1.165) is 12.1 Å². The molecule has 7 heteroatoms. The highest BCUT2D eigenvalue weighted by Crippen LogP contribution is 2.29. The number of carboxylic acid groups (broad SMARTS) is 1. The Bertz CT molecular complexity index is 543. The molecule has 0 bridgehead atoms. The van der Waals surface area contributed by atoms with Crippen molar-refractivity contribution in [1.82, 2.24) is 5.32 Å². The first-order valence-corrected chi connectivity index (χ1v) is 5.91. The van der Waals surface area contributed by atoms with Crippen LogP contribution in [0.15, 0.2) is 18.2 Å². The summed E-state index contributed by atoms with van der Waals surface area (Å²) in [6, 6.07) is 1.65. The van der Waals surface area contributed by atoms with Gasteiger partial charge in [-0.3, -0.25) is 9.59 Å². The van der Waals surface area contributed by atoms with Gasteiger partial charge in [0.05, 0.1) is 19.3 Å². The normalized spacial score (nSPS) is 25.4. The molecule has 1 saturated heterocycles. The van der Waals surface area contributed by atoms with Gasteiger partial charge in [-0.15, -0.1) is 0 Å². The molecule has 0 aliphatic carbocycles. The zero-order chi connectivity index (χ0) is 14.9. The van der Waals surface area contributed by atoms with Crippen molar-refractivity contribution in [2.45, 2.75) is 13.0 Å². The molecule has 2 unspecified atom stereocenters. The number of rotatable bonds is 3. The summed E-state index contributed by atoms with van der Waals surface area (Å²) >= 11 is 0. The minimum Gasteiger partial charge on any atom is -0.481 e. The van der Waals surface area contributed by atoms with Crippen LogP contribution in [0.5, 0.6) is 0 Å². The summed E-state index contributed by atoms with van der Waals surface area (Å²) in [4.78, 5) is 23.1. The third kappa shape index (κ3) is 2.62. The average Bonchev–Trinajstić information content (AvgIpc) is 2.71. The van der Waals surface area contributed by atoms with Gasteiger partial charge in [0.15, 0.2) is 0 Å². The van der Waals surface area contributed by atoms with Crippen LogP contribution >= 0.6 is 0 Å². The Balaban J connectivity index is 2.17. The molecule has 1 aliphatic heterocycles. The van der Waals surface area contributed by atoms with E-state index in [0.29, 0.717) is 6.07 Å². The number of benzene rings is 1. The minimum atomic E-state index is -1.26. The van der Waals surface area contributed by atoms with E-state index in [9.17, 15) is 18.4 Å². The van der Waals surface area contributed by atoms with E-state index in [1.807, 2.05) is 0 Å². The van der Waals surface area contributed by atoms with Crippen LogP contribution in [0.1, 0.15) is 17.3 Å². The SMILES string of the molecule is CC1(C(=O)O)COCC1NC(=O)c1cc(F)cc(F)c1. The molecule has 20 heavy (non-hydrogen) atoms. The van der Waals surface area contributed by atoms with Crippen molar-refractivity contribution in [3.05, 3.63) is 35.4 Å². The molecule has 1 aromatic carbocycles. The molecule has 0 spiro atoms. The Kier molecular flexibility index (Phi) is 3.71. The Morgan fingerprint density at radius 2 is 1.95 bits per heavy atom. The highest BCUT2D eigenvalue weighted by atomic mass is 19.1. The van der Waals surface area contributed by atoms with Gasteiger partial charge in [-0.25, -0.2) is 8.78 Å². The van der Waals surface area contributed by atoms with Gasteiger partial charge in [-0.05, 0) is 19.1 Å². The lowest BCUT2D eigenvalue weighted by Crippen LogP contribution is -2.49. The van der Waals surface area contributed by atoms with Crippen molar-refractivity contribution in [1.29, 1.82) is 0 Å². The standard InChI is InChI=1S/C13H13F2NO4/c1-13(12(18)19)6-20-5-10(13)16-11(17)7-2-8(14)4-9(15)3-7/h2-4,10H,5-6H2,1H3,(H,16,17)(H,18,19). The van der Waals surface area contributed by atoms with E-state index in [1.54, 1.807) is 0 Å². The van der Waals surface area contributed by atoms with Crippen LogP contribution in [0, 0.1) is 17.0 Å². The van der Waals surface area contributed by atoms with Crippen molar-refractivity contribution < 1.29 is 28.2 Å². The molecule has 5 nitrogen and oxygen atoms in total. The molecule has 0 aromatic heterocycles. The first kappa shape index (κ1) is 14.4. The predicted octanol–water partition coefficient (Wildman–Crippen LogP) is 1.18. The molecule has 1 heterocycles. The summed E-state index contributed by atoms with van der Waals surface area (Å²) in [6.07, 6.45) is 0. The molecule has 0 radical (unpaired) electrons. The largest absolute Gasteiger partial charge is 0.481 e. The molecule has 1 aliphatic rings. The zero-order valence-corrected chi connectivity index (χ0v) is 10.7. The van der Waals surface area contributed by atoms with Gasteiger partial charge in [-0.1, -0.05) is 0 Å². The van der Waals surface area contributed by atoms with Gasteiger partial charge < -0.3 is 15.2 Å². The second-order valence-electron chi connectivity index (χ2n) is 4.92. The Labute approximate surface area is 113 Å². The second-order valence-corrected chi connectivity index (χ2v) is 4.92. The highest BCUT2D eigenvalue weighted by Gasteiger charge is 2.47. The van der Waals surface area contributed by atoms with Crippen molar-refractivity contribution >= 4 is 11.9 Å². The molecule has 1 fully saturated rings. The number of hydrogen-bond acceptors (Lipinski definition) is 3. The van der Waals surface area contributed by atoms with Crippen LogP contribution in [0.25, 0.3) is 0 Å². The maximum Gasteiger partial charge on any atom is 0.313 e. The number of carboxylic acids is 1. The maximum absolute atomic E-state index is 13.0. The van der Waals surface area contributed by atoms with E-state index in [2.05, 4.69) is 5.32 Å². The quantitative estimate of drug-likeness (QED) is 0.874. The molecule has 1 amide bonds. The smallest absolute Gasteiger partial charge is 0.313 e. The summed E-state index contributed by atoms with van der Waals surface area (Å²) in [5.74, 6) is -3.60. The number of hydrogen-bond donors (Lipinski definition) is 2. The average molecular weight is 285 g/mol. The van der Waals surface area contributed by atoms with E-state index in [1.165, 1.54) is 6.92 Å². The number of halogens is 2. The molecule has 2 atom stereocenters. The summed E-state index contributed by atoms with van der Waals surface area (Å²) < 4.78 is 31.2. The Morgan fingerprint density at radius 1 is 1.35 bits per heavy atom. The van der Waals surface area contributed by atoms with Gasteiger partial charge in [0.1, 0.15) is 17.0 Å². The van der Waals surface area contributed by atoms with Crippen LogP contribution in [-0.2, 0) is 9.53 Å². The Morgan fingerprint density at radius 3 is 2.50 bits per heavy atom. The van der Waals surface area contributed by atoms with Gasteiger partial charge in [0.2, 0.25) is 0 Å². The van der Waals surface area contributed by atoms with Crippen LogP contribution in [0.3, 0.4) is 0 Å². The molecular formula is C13H13F2NO4. The van der Waals surface area contributed by atoms with Crippen LogP contribution in [0.4, 0.5) is 8.78 Å². The second kappa shape index (κ2) is 5.16. The lowest BCUT2D eigenvalue weighted by molar-refractivity contribution is -0.148. The van der Waals surface area contributed by atoms with E-state index in [-0.39, 0.29) is 18.8 Å². The lowest BCUT2D eigenvalue weighted by atomic mass is 9.85. The first-order chi connectivity index (χ1) is 9.33. The Hall–Kier alpha value is -2.02. The van der Waals surface area contributed by atoms with Crippen molar-refractivity contribution in [3.63, 3.8) is 0 Å². The van der Waals surface area contributed by atoms with Gasteiger partial charge in [0.25, 0.3) is 5.91 Å². The highest BCUT2D eigenvalue weighted by molar-refractivity contribution is 5.95. The van der Waals surface area contributed by atoms with E-state index < -0.39 is 35.0 Å².